The summed E-state index contributed by atoms with van der Waals surface area (Å²) in [5.41, 5.74) is 8.42. The fourth-order valence-corrected chi connectivity index (χ4v) is 3.81. The lowest BCUT2D eigenvalue weighted by atomic mass is 10.0. The van der Waals surface area contributed by atoms with Crippen LogP contribution in [-0.4, -0.2) is 11.8 Å². The summed E-state index contributed by atoms with van der Waals surface area (Å²) in [6, 6.07) is 17.9. The highest BCUT2D eigenvalue weighted by Gasteiger charge is 2.31. The molecule has 0 spiro atoms. The predicted octanol–water partition coefficient (Wildman–Crippen LogP) is 3.78. The number of halogens is 1. The molecule has 4 heteroatoms. The maximum atomic E-state index is 12.6. The normalized spacial score (nSPS) is 21.1. The molecule has 0 fully saturated rings. The minimum Gasteiger partial charge on any atom is -0.321 e. The van der Waals surface area contributed by atoms with E-state index in [1.54, 1.807) is 11.8 Å². The highest BCUT2D eigenvalue weighted by molar-refractivity contribution is 8.00. The first-order valence-electron chi connectivity index (χ1n) is 6.84. The lowest BCUT2D eigenvalue weighted by Gasteiger charge is -2.18. The van der Waals surface area contributed by atoms with E-state index >= 15 is 0 Å². The van der Waals surface area contributed by atoms with Gasteiger partial charge in [-0.15, -0.1) is 24.2 Å². The molecule has 0 heterocycles. The summed E-state index contributed by atoms with van der Waals surface area (Å²) < 4.78 is 0. The van der Waals surface area contributed by atoms with Crippen LogP contribution < -0.4 is 5.73 Å². The second kappa shape index (κ2) is 7.12. The minimum absolute atomic E-state index is 0. The highest BCUT2D eigenvalue weighted by Crippen LogP contribution is 2.40. The molecule has 1 aliphatic carbocycles. The van der Waals surface area contributed by atoms with Gasteiger partial charge in [0.25, 0.3) is 0 Å². The molecule has 0 aromatic heterocycles. The van der Waals surface area contributed by atoms with E-state index in [2.05, 4.69) is 12.1 Å². The number of carbonyl (C=O) groups excluding carboxylic acids is 1. The number of thioether (sulfide) groups is 1. The van der Waals surface area contributed by atoms with E-state index < -0.39 is 0 Å². The number of benzene rings is 2. The Bertz CT molecular complexity index is 617. The van der Waals surface area contributed by atoms with Crippen LogP contribution in [0.4, 0.5) is 0 Å². The average molecular weight is 320 g/mol. The van der Waals surface area contributed by atoms with Gasteiger partial charge in [-0.2, -0.15) is 0 Å². The van der Waals surface area contributed by atoms with Crippen molar-refractivity contribution in [3.8, 4) is 0 Å². The zero-order chi connectivity index (χ0) is 13.9. The number of Topliss-reactive ketones (excluding diaryl/α,β-unsaturated/α-hetero) is 1. The third-order valence-corrected chi connectivity index (χ3v) is 4.95. The molecule has 1 aliphatic rings. The number of hydrogen-bond donors (Lipinski definition) is 1. The van der Waals surface area contributed by atoms with E-state index in [1.807, 2.05) is 42.5 Å². The van der Waals surface area contributed by atoms with Gasteiger partial charge in [0.2, 0.25) is 0 Å². The Morgan fingerprint density at radius 3 is 2.43 bits per heavy atom. The third kappa shape index (κ3) is 3.49. The fourth-order valence-electron chi connectivity index (χ4n) is 2.58. The van der Waals surface area contributed by atoms with Gasteiger partial charge < -0.3 is 5.73 Å². The Morgan fingerprint density at radius 1 is 1.00 bits per heavy atom. The Hall–Kier alpha value is -1.29. The van der Waals surface area contributed by atoms with Gasteiger partial charge in [-0.25, -0.2) is 0 Å². The van der Waals surface area contributed by atoms with Crippen molar-refractivity contribution in [3.05, 3.63) is 65.7 Å². The highest BCUT2D eigenvalue weighted by atomic mass is 35.5. The molecular formula is C17H18ClNOS. The number of carbonyl (C=O) groups is 1. The number of ketones is 1. The molecule has 2 atom stereocenters. The van der Waals surface area contributed by atoms with Crippen LogP contribution in [0.15, 0.2) is 59.5 Å². The van der Waals surface area contributed by atoms with Gasteiger partial charge >= 0.3 is 0 Å². The molecule has 2 nitrogen and oxygen atoms in total. The molecule has 2 aromatic rings. The van der Waals surface area contributed by atoms with Crippen molar-refractivity contribution in [3.63, 3.8) is 0 Å². The first kappa shape index (κ1) is 16.1. The van der Waals surface area contributed by atoms with Gasteiger partial charge in [0.1, 0.15) is 0 Å². The molecular weight excluding hydrogens is 302 g/mol. The molecule has 0 bridgehead atoms. The second-order valence-corrected chi connectivity index (χ2v) is 6.24. The number of aryl methyl sites for hydroxylation is 1. The molecule has 0 saturated heterocycles. The summed E-state index contributed by atoms with van der Waals surface area (Å²) in [5.74, 6) is 0.142. The van der Waals surface area contributed by atoms with Crippen molar-refractivity contribution in [2.45, 2.75) is 29.0 Å². The SMILES string of the molecule is Cl.N[C@H]1CCc2ccccc2[C@H](Sc2ccccc2)C1=O. The smallest absolute Gasteiger partial charge is 0.167 e. The number of fused-ring (bicyclic) bond motifs is 1. The number of rotatable bonds is 2. The Balaban J connectivity index is 0.00000161. The van der Waals surface area contributed by atoms with Gasteiger partial charge in [-0.1, -0.05) is 42.5 Å². The van der Waals surface area contributed by atoms with Crippen molar-refractivity contribution in [2.75, 3.05) is 0 Å². The molecule has 0 unspecified atom stereocenters. The Morgan fingerprint density at radius 2 is 1.67 bits per heavy atom. The topological polar surface area (TPSA) is 43.1 Å². The third-order valence-electron chi connectivity index (χ3n) is 3.68. The van der Waals surface area contributed by atoms with Crippen LogP contribution in [-0.2, 0) is 11.2 Å². The molecule has 21 heavy (non-hydrogen) atoms. The number of nitrogens with two attached hydrogens (primary N) is 1. The molecule has 2 aromatic carbocycles. The largest absolute Gasteiger partial charge is 0.321 e. The maximum absolute atomic E-state index is 12.6. The predicted molar refractivity (Wildman–Crippen MR) is 90.0 cm³/mol. The van der Waals surface area contributed by atoms with E-state index in [9.17, 15) is 4.79 Å². The first-order chi connectivity index (χ1) is 9.75. The zero-order valence-electron chi connectivity index (χ0n) is 11.6. The van der Waals surface area contributed by atoms with Crippen LogP contribution in [0, 0.1) is 0 Å². The molecule has 0 aliphatic heterocycles. The zero-order valence-corrected chi connectivity index (χ0v) is 13.2. The van der Waals surface area contributed by atoms with Crippen LogP contribution >= 0.6 is 24.2 Å². The van der Waals surface area contributed by atoms with Gasteiger partial charge in [0.15, 0.2) is 5.78 Å². The van der Waals surface area contributed by atoms with Crippen molar-refractivity contribution < 1.29 is 4.79 Å². The van der Waals surface area contributed by atoms with Crippen LogP contribution in [0.1, 0.15) is 22.8 Å². The molecule has 0 saturated carbocycles. The summed E-state index contributed by atoms with van der Waals surface area (Å²) in [6.45, 7) is 0. The molecule has 110 valence electrons. The first-order valence-corrected chi connectivity index (χ1v) is 7.72. The van der Waals surface area contributed by atoms with E-state index in [0.717, 1.165) is 23.3 Å². The van der Waals surface area contributed by atoms with Crippen molar-refractivity contribution in [1.82, 2.24) is 0 Å². The summed E-state index contributed by atoms with van der Waals surface area (Å²) in [7, 11) is 0. The van der Waals surface area contributed by atoms with Crippen molar-refractivity contribution >= 4 is 30.0 Å². The Labute approximate surface area is 135 Å². The summed E-state index contributed by atoms with van der Waals surface area (Å²) in [5, 5.41) is -0.189. The summed E-state index contributed by atoms with van der Waals surface area (Å²) in [4.78, 5) is 13.7. The van der Waals surface area contributed by atoms with Crippen LogP contribution in [0.25, 0.3) is 0 Å². The monoisotopic (exact) mass is 319 g/mol. The van der Waals surface area contributed by atoms with Crippen molar-refractivity contribution in [2.24, 2.45) is 5.73 Å². The number of hydrogen-bond acceptors (Lipinski definition) is 3. The lowest BCUT2D eigenvalue weighted by Crippen LogP contribution is -2.32. The second-order valence-electron chi connectivity index (χ2n) is 5.06. The minimum atomic E-state index is -0.358. The summed E-state index contributed by atoms with van der Waals surface area (Å²) in [6.07, 6.45) is 1.62. The van der Waals surface area contributed by atoms with E-state index in [1.165, 1.54) is 5.56 Å². The van der Waals surface area contributed by atoms with Crippen LogP contribution in [0.2, 0.25) is 0 Å². The quantitative estimate of drug-likeness (QED) is 0.857. The van der Waals surface area contributed by atoms with Gasteiger partial charge in [0, 0.05) is 4.90 Å². The molecule has 0 radical (unpaired) electrons. The van der Waals surface area contributed by atoms with E-state index in [4.69, 9.17) is 5.73 Å². The lowest BCUT2D eigenvalue weighted by molar-refractivity contribution is -0.119. The average Bonchev–Trinajstić information content (AvgIpc) is 2.61. The van der Waals surface area contributed by atoms with Crippen LogP contribution in [0.3, 0.4) is 0 Å². The van der Waals surface area contributed by atoms with Gasteiger partial charge in [-0.05, 0) is 36.1 Å². The van der Waals surface area contributed by atoms with E-state index in [-0.39, 0.29) is 29.5 Å². The van der Waals surface area contributed by atoms with Gasteiger partial charge in [0.05, 0.1) is 11.3 Å². The van der Waals surface area contributed by atoms with E-state index in [0.29, 0.717) is 0 Å². The molecule has 2 N–H and O–H groups in total. The maximum Gasteiger partial charge on any atom is 0.167 e. The van der Waals surface area contributed by atoms with Gasteiger partial charge in [-0.3, -0.25) is 4.79 Å². The standard InChI is InChI=1S/C17H17NOS.ClH/c18-15-11-10-12-6-4-5-9-14(12)17(16(15)19)20-13-7-2-1-3-8-13;/h1-9,15,17H,10-11,18H2;1H/t15-,17-;/m0./s1. The van der Waals surface area contributed by atoms with Crippen molar-refractivity contribution in [1.29, 1.82) is 0 Å². The summed E-state index contributed by atoms with van der Waals surface area (Å²) >= 11 is 1.60. The van der Waals surface area contributed by atoms with Crippen LogP contribution in [0.5, 0.6) is 0 Å². The molecule has 3 rings (SSSR count). The fraction of sp³-hybridized carbons (Fsp3) is 0.235. The Kier molecular flexibility index (Phi) is 5.45. The molecule has 0 amide bonds.